The van der Waals surface area contributed by atoms with E-state index in [9.17, 15) is 25.3 Å². The molecule has 8 heteroatoms. The van der Waals surface area contributed by atoms with Gasteiger partial charge in [-0.1, -0.05) is 30.3 Å². The van der Waals surface area contributed by atoms with E-state index in [-0.39, 0.29) is 15.6 Å². The van der Waals surface area contributed by atoms with Gasteiger partial charge in [0.1, 0.15) is 11.6 Å². The third-order valence-electron chi connectivity index (χ3n) is 3.95. The van der Waals surface area contributed by atoms with Crippen LogP contribution in [0, 0.1) is 21.4 Å². The van der Waals surface area contributed by atoms with Gasteiger partial charge in [0.05, 0.1) is 9.40 Å². The first-order chi connectivity index (χ1) is 13.4. The molecule has 0 saturated carbocycles. The molecule has 0 radical (unpaired) electrons. The summed E-state index contributed by atoms with van der Waals surface area (Å²) >= 11 is 3.02. The fraction of sp³-hybridized carbons (Fsp3) is 0. The van der Waals surface area contributed by atoms with Crippen LogP contribution in [0.4, 0.5) is 11.4 Å². The molecule has 0 atom stereocenters. The van der Waals surface area contributed by atoms with Gasteiger partial charge in [-0.2, -0.15) is 5.26 Å². The zero-order valence-electron chi connectivity index (χ0n) is 14.2. The molecule has 0 aliphatic heterocycles. The van der Waals surface area contributed by atoms with Crippen molar-refractivity contribution in [2.45, 2.75) is 0 Å². The van der Waals surface area contributed by atoms with Crippen molar-refractivity contribution < 1.29 is 14.8 Å². The molecule has 28 heavy (non-hydrogen) atoms. The maximum atomic E-state index is 12.5. The van der Waals surface area contributed by atoms with Crippen LogP contribution in [0.5, 0.6) is 5.75 Å². The highest BCUT2D eigenvalue weighted by molar-refractivity contribution is 9.10. The number of nitriles is 1. The average Bonchev–Trinajstić information content (AvgIpc) is 2.68. The summed E-state index contributed by atoms with van der Waals surface area (Å²) in [6, 6.07) is 17.2. The van der Waals surface area contributed by atoms with Gasteiger partial charge in [-0.25, -0.2) is 0 Å². The molecule has 3 aromatic carbocycles. The fourth-order valence-electron chi connectivity index (χ4n) is 2.61. The van der Waals surface area contributed by atoms with E-state index in [1.54, 1.807) is 18.2 Å². The molecule has 0 aliphatic carbocycles. The van der Waals surface area contributed by atoms with E-state index >= 15 is 0 Å². The zero-order chi connectivity index (χ0) is 20.3. The second-order valence-electron chi connectivity index (χ2n) is 5.81. The first-order valence-electron chi connectivity index (χ1n) is 7.98. The summed E-state index contributed by atoms with van der Waals surface area (Å²) in [6.45, 7) is 0. The largest absolute Gasteiger partial charge is 0.501 e. The highest BCUT2D eigenvalue weighted by Crippen LogP contribution is 2.35. The topological polar surface area (TPSA) is 116 Å². The molecule has 0 fully saturated rings. The summed E-state index contributed by atoms with van der Waals surface area (Å²) in [6.07, 6.45) is 1.22. The number of nitro groups is 1. The number of rotatable bonds is 4. The Labute approximate surface area is 167 Å². The van der Waals surface area contributed by atoms with Gasteiger partial charge in [-0.05, 0) is 56.5 Å². The molecule has 0 unspecified atom stereocenters. The van der Waals surface area contributed by atoms with E-state index in [1.807, 2.05) is 30.3 Å². The van der Waals surface area contributed by atoms with Crippen molar-refractivity contribution in [1.82, 2.24) is 0 Å². The molecule has 2 N–H and O–H groups in total. The SMILES string of the molecule is N#C/C(=C/c1cc(Br)c(O)c([N+](=O)[O-])c1)C(=O)Nc1ccc2ccccc2c1. The predicted octanol–water partition coefficient (Wildman–Crippen LogP) is 4.76. The number of benzene rings is 3. The number of anilines is 1. The number of amides is 1. The first kappa shape index (κ1) is 19.1. The van der Waals surface area contributed by atoms with Gasteiger partial charge < -0.3 is 10.4 Å². The van der Waals surface area contributed by atoms with Crippen LogP contribution in [-0.2, 0) is 4.79 Å². The molecule has 0 bridgehead atoms. The Bertz CT molecular complexity index is 1180. The summed E-state index contributed by atoms with van der Waals surface area (Å²) in [5, 5.41) is 34.7. The number of halogens is 1. The number of carbonyl (C=O) groups is 1. The van der Waals surface area contributed by atoms with Crippen molar-refractivity contribution >= 4 is 50.1 Å². The summed E-state index contributed by atoms with van der Waals surface area (Å²) in [5.41, 5.74) is -0.0304. The number of nitrogens with one attached hydrogen (secondary N) is 1. The van der Waals surface area contributed by atoms with Crippen LogP contribution in [0.1, 0.15) is 5.56 Å². The number of carbonyl (C=O) groups excluding carboxylic acids is 1. The summed E-state index contributed by atoms with van der Waals surface area (Å²) in [7, 11) is 0. The maximum Gasteiger partial charge on any atom is 0.312 e. The Morgan fingerprint density at radius 1 is 1.18 bits per heavy atom. The van der Waals surface area contributed by atoms with Crippen LogP contribution in [0.2, 0.25) is 0 Å². The number of nitrogens with zero attached hydrogens (tertiary/aromatic N) is 2. The molecule has 0 spiro atoms. The Morgan fingerprint density at radius 2 is 1.89 bits per heavy atom. The van der Waals surface area contributed by atoms with E-state index in [1.165, 1.54) is 12.1 Å². The summed E-state index contributed by atoms with van der Waals surface area (Å²) in [5.74, 6) is -1.18. The number of fused-ring (bicyclic) bond motifs is 1. The summed E-state index contributed by atoms with van der Waals surface area (Å²) in [4.78, 5) is 22.7. The smallest absolute Gasteiger partial charge is 0.312 e. The van der Waals surface area contributed by atoms with Gasteiger partial charge >= 0.3 is 5.69 Å². The maximum absolute atomic E-state index is 12.5. The number of phenolic OH excluding ortho intramolecular Hbond substituents is 1. The Hall–Kier alpha value is -3.70. The standard InChI is InChI=1S/C20H12BrN3O4/c21-17-8-12(9-18(19(17)25)24(27)28)7-15(11-22)20(26)23-16-6-5-13-3-1-2-4-14(13)10-16/h1-10,25H,(H,23,26)/b15-7-. The third kappa shape index (κ3) is 4.00. The minimum atomic E-state index is -0.751. The van der Waals surface area contributed by atoms with Crippen molar-refractivity contribution in [2.75, 3.05) is 5.32 Å². The number of aromatic hydroxyl groups is 1. The number of hydrogen-bond acceptors (Lipinski definition) is 5. The van der Waals surface area contributed by atoms with Crippen LogP contribution in [0.3, 0.4) is 0 Å². The lowest BCUT2D eigenvalue weighted by atomic mass is 10.1. The lowest BCUT2D eigenvalue weighted by molar-refractivity contribution is -0.386. The highest BCUT2D eigenvalue weighted by atomic mass is 79.9. The van der Waals surface area contributed by atoms with E-state index in [0.29, 0.717) is 5.69 Å². The van der Waals surface area contributed by atoms with Gasteiger partial charge in [0.2, 0.25) is 5.75 Å². The zero-order valence-corrected chi connectivity index (χ0v) is 15.8. The Kier molecular flexibility index (Phi) is 5.38. The highest BCUT2D eigenvalue weighted by Gasteiger charge is 2.18. The fourth-order valence-corrected chi connectivity index (χ4v) is 3.08. The third-order valence-corrected chi connectivity index (χ3v) is 4.55. The Morgan fingerprint density at radius 3 is 2.57 bits per heavy atom. The van der Waals surface area contributed by atoms with Gasteiger partial charge in [0.25, 0.3) is 5.91 Å². The quantitative estimate of drug-likeness (QED) is 0.264. The minimum absolute atomic E-state index is 0.0835. The molecule has 0 saturated heterocycles. The van der Waals surface area contributed by atoms with E-state index < -0.39 is 22.3 Å². The van der Waals surface area contributed by atoms with Crippen molar-refractivity contribution in [3.8, 4) is 11.8 Å². The van der Waals surface area contributed by atoms with E-state index in [4.69, 9.17) is 0 Å². The molecule has 0 aliphatic rings. The monoisotopic (exact) mass is 437 g/mol. The van der Waals surface area contributed by atoms with Crippen LogP contribution >= 0.6 is 15.9 Å². The van der Waals surface area contributed by atoms with Crippen molar-refractivity contribution in [1.29, 1.82) is 5.26 Å². The molecule has 7 nitrogen and oxygen atoms in total. The molecule has 3 rings (SSSR count). The van der Waals surface area contributed by atoms with E-state index in [0.717, 1.165) is 16.8 Å². The minimum Gasteiger partial charge on any atom is -0.501 e. The first-order valence-corrected chi connectivity index (χ1v) is 8.77. The predicted molar refractivity (Wildman–Crippen MR) is 109 cm³/mol. The normalized spacial score (nSPS) is 11.1. The van der Waals surface area contributed by atoms with Crippen LogP contribution in [0.15, 0.2) is 64.6 Å². The molecule has 0 heterocycles. The molecule has 0 aromatic heterocycles. The lowest BCUT2D eigenvalue weighted by Crippen LogP contribution is -2.13. The Balaban J connectivity index is 1.91. The molecule has 1 amide bonds. The molecule has 3 aromatic rings. The molecular formula is C20H12BrN3O4. The summed E-state index contributed by atoms with van der Waals surface area (Å²) < 4.78 is 0.0835. The van der Waals surface area contributed by atoms with Gasteiger partial charge in [-0.15, -0.1) is 0 Å². The van der Waals surface area contributed by atoms with Crippen LogP contribution in [0.25, 0.3) is 16.8 Å². The van der Waals surface area contributed by atoms with E-state index in [2.05, 4.69) is 21.2 Å². The number of phenols is 1. The number of hydrogen-bond donors (Lipinski definition) is 2. The molecule has 138 valence electrons. The van der Waals surface area contributed by atoms with Gasteiger partial charge in [-0.3, -0.25) is 14.9 Å². The van der Waals surface area contributed by atoms with Crippen molar-refractivity contribution in [3.63, 3.8) is 0 Å². The molecular weight excluding hydrogens is 426 g/mol. The van der Waals surface area contributed by atoms with Crippen molar-refractivity contribution in [2.24, 2.45) is 0 Å². The average molecular weight is 438 g/mol. The van der Waals surface area contributed by atoms with Gasteiger partial charge in [0.15, 0.2) is 0 Å². The van der Waals surface area contributed by atoms with Crippen LogP contribution in [-0.4, -0.2) is 15.9 Å². The van der Waals surface area contributed by atoms with Gasteiger partial charge in [0, 0.05) is 11.8 Å². The second-order valence-corrected chi connectivity index (χ2v) is 6.67. The van der Waals surface area contributed by atoms with Crippen molar-refractivity contribution in [3.05, 3.63) is 80.3 Å². The lowest BCUT2D eigenvalue weighted by Gasteiger charge is -2.06. The second kappa shape index (κ2) is 7.90. The van der Waals surface area contributed by atoms with Crippen LogP contribution < -0.4 is 5.32 Å². The number of nitro benzene ring substituents is 1.